The highest BCUT2D eigenvalue weighted by atomic mass is 32.2. The van der Waals surface area contributed by atoms with Crippen molar-refractivity contribution in [1.29, 1.82) is 5.41 Å². The Labute approximate surface area is 117 Å². The molecule has 0 amide bonds. The maximum atomic E-state index is 7.70. The lowest BCUT2D eigenvalue weighted by Gasteiger charge is -2.09. The van der Waals surface area contributed by atoms with Crippen LogP contribution in [0.1, 0.15) is 22.4 Å². The number of nitrogens with one attached hydrogen (secondary N) is 1. The van der Waals surface area contributed by atoms with Crippen LogP contribution < -0.4 is 5.73 Å². The van der Waals surface area contributed by atoms with E-state index < -0.39 is 0 Å². The minimum atomic E-state index is 0.0680. The molecule has 2 rings (SSSR count). The van der Waals surface area contributed by atoms with Crippen molar-refractivity contribution < 1.29 is 0 Å². The van der Waals surface area contributed by atoms with Gasteiger partial charge in [0.2, 0.25) is 0 Å². The van der Waals surface area contributed by atoms with Crippen molar-refractivity contribution >= 4 is 17.6 Å². The van der Waals surface area contributed by atoms with Crippen LogP contribution in [0.2, 0.25) is 0 Å². The molecule has 5 heteroatoms. The first-order valence-electron chi connectivity index (χ1n) is 6.03. The smallest absolute Gasteiger partial charge is 0.127 e. The number of amidine groups is 1. The third kappa shape index (κ3) is 2.66. The highest BCUT2D eigenvalue weighted by molar-refractivity contribution is 7.99. The van der Waals surface area contributed by atoms with E-state index in [-0.39, 0.29) is 5.84 Å². The Hall–Kier alpha value is -1.75. The molecule has 0 unspecified atom stereocenters. The number of aromatic nitrogens is 2. The van der Waals surface area contributed by atoms with Gasteiger partial charge >= 0.3 is 0 Å². The minimum Gasteiger partial charge on any atom is -0.384 e. The van der Waals surface area contributed by atoms with Crippen LogP contribution in [0.3, 0.4) is 0 Å². The van der Waals surface area contributed by atoms with Crippen LogP contribution in [0.15, 0.2) is 28.1 Å². The molecule has 19 heavy (non-hydrogen) atoms. The summed E-state index contributed by atoms with van der Waals surface area (Å²) in [5, 5.41) is 13.0. The van der Waals surface area contributed by atoms with E-state index in [4.69, 9.17) is 11.1 Å². The van der Waals surface area contributed by atoms with E-state index in [9.17, 15) is 0 Å². The number of hydrogen-bond donors (Lipinski definition) is 2. The van der Waals surface area contributed by atoms with Gasteiger partial charge in [0.25, 0.3) is 0 Å². The predicted molar refractivity (Wildman–Crippen MR) is 79.0 cm³/mol. The van der Waals surface area contributed by atoms with Gasteiger partial charge in [0.05, 0.1) is 11.3 Å². The molecule has 0 atom stereocenters. The van der Waals surface area contributed by atoms with Crippen LogP contribution in [0.25, 0.3) is 0 Å². The topological polar surface area (TPSA) is 67.7 Å². The fraction of sp³-hybridized carbons (Fsp3) is 0.286. The minimum absolute atomic E-state index is 0.0680. The monoisotopic (exact) mass is 274 g/mol. The molecule has 100 valence electrons. The van der Waals surface area contributed by atoms with E-state index in [1.165, 1.54) is 16.0 Å². The van der Waals surface area contributed by atoms with Gasteiger partial charge in [-0.1, -0.05) is 23.9 Å². The maximum Gasteiger partial charge on any atom is 0.127 e. The summed E-state index contributed by atoms with van der Waals surface area (Å²) in [5.41, 5.74) is 9.62. The number of hydrogen-bond acceptors (Lipinski definition) is 3. The first-order chi connectivity index (χ1) is 8.90. The molecule has 1 aromatic carbocycles. The molecule has 0 radical (unpaired) electrons. The summed E-state index contributed by atoms with van der Waals surface area (Å²) in [7, 11) is 1.88. The van der Waals surface area contributed by atoms with E-state index in [0.717, 1.165) is 16.3 Å². The Morgan fingerprint density at radius 2 is 2.00 bits per heavy atom. The second-order valence-electron chi connectivity index (χ2n) is 4.67. The summed E-state index contributed by atoms with van der Waals surface area (Å²) in [6, 6.07) is 6.35. The molecule has 1 aromatic heterocycles. The molecule has 0 spiro atoms. The number of aryl methyl sites for hydroxylation is 4. The van der Waals surface area contributed by atoms with Crippen molar-refractivity contribution in [1.82, 2.24) is 9.78 Å². The standard InChI is InChI=1S/C14H18N4S/c1-8-5-6-9(2)11(7-8)19-14-12(13(15)16)10(3)17-18(14)4/h5-7H,1-4H3,(H3,15,16). The molecule has 0 saturated heterocycles. The Bertz CT molecular complexity index is 643. The van der Waals surface area contributed by atoms with Gasteiger partial charge in [0.15, 0.2) is 0 Å². The van der Waals surface area contributed by atoms with Crippen molar-refractivity contribution in [2.75, 3.05) is 0 Å². The maximum absolute atomic E-state index is 7.70. The Kier molecular flexibility index (Phi) is 3.66. The number of nitrogens with two attached hydrogens (primary N) is 1. The summed E-state index contributed by atoms with van der Waals surface area (Å²) < 4.78 is 1.79. The molecule has 0 saturated carbocycles. The zero-order chi connectivity index (χ0) is 14.2. The Balaban J connectivity index is 2.49. The molecular formula is C14H18N4S. The molecule has 0 aliphatic carbocycles. The highest BCUT2D eigenvalue weighted by Crippen LogP contribution is 2.33. The zero-order valence-corrected chi connectivity index (χ0v) is 12.4. The van der Waals surface area contributed by atoms with Crippen molar-refractivity contribution in [3.05, 3.63) is 40.6 Å². The largest absolute Gasteiger partial charge is 0.384 e. The summed E-state index contributed by atoms with van der Waals surface area (Å²) in [5.74, 6) is 0.0680. The Morgan fingerprint density at radius 1 is 1.32 bits per heavy atom. The highest BCUT2D eigenvalue weighted by Gasteiger charge is 2.17. The fourth-order valence-corrected chi connectivity index (χ4v) is 3.20. The van der Waals surface area contributed by atoms with E-state index in [0.29, 0.717) is 0 Å². The summed E-state index contributed by atoms with van der Waals surface area (Å²) in [6.07, 6.45) is 0. The normalized spacial score (nSPS) is 10.7. The predicted octanol–water partition coefficient (Wildman–Crippen LogP) is 2.78. The van der Waals surface area contributed by atoms with Gasteiger partial charge in [0.1, 0.15) is 10.9 Å². The molecule has 1 heterocycles. The van der Waals surface area contributed by atoms with Gasteiger partial charge < -0.3 is 5.73 Å². The first kappa shape index (κ1) is 13.7. The second kappa shape index (κ2) is 5.09. The van der Waals surface area contributed by atoms with Crippen LogP contribution in [-0.4, -0.2) is 15.6 Å². The number of benzene rings is 1. The molecule has 0 fully saturated rings. The number of rotatable bonds is 3. The van der Waals surface area contributed by atoms with Gasteiger partial charge in [0, 0.05) is 11.9 Å². The van der Waals surface area contributed by atoms with Crippen LogP contribution in [0.4, 0.5) is 0 Å². The number of nitrogen functional groups attached to an aromatic ring is 1. The molecule has 0 bridgehead atoms. The summed E-state index contributed by atoms with van der Waals surface area (Å²) in [4.78, 5) is 1.17. The third-order valence-corrected chi connectivity index (χ3v) is 4.31. The van der Waals surface area contributed by atoms with Gasteiger partial charge in [-0.2, -0.15) is 5.10 Å². The SMILES string of the molecule is Cc1ccc(C)c(Sc2c(C(=N)N)c(C)nn2C)c1. The van der Waals surface area contributed by atoms with Crippen molar-refractivity contribution in [3.8, 4) is 0 Å². The quantitative estimate of drug-likeness (QED) is 0.668. The molecule has 4 nitrogen and oxygen atoms in total. The lowest BCUT2D eigenvalue weighted by molar-refractivity contribution is 0.692. The van der Waals surface area contributed by atoms with Gasteiger partial charge in [-0.3, -0.25) is 10.1 Å². The van der Waals surface area contributed by atoms with Crippen molar-refractivity contribution in [2.24, 2.45) is 12.8 Å². The third-order valence-electron chi connectivity index (χ3n) is 2.99. The lowest BCUT2D eigenvalue weighted by atomic mass is 10.2. The van der Waals surface area contributed by atoms with Gasteiger partial charge in [-0.25, -0.2) is 0 Å². The van der Waals surface area contributed by atoms with Crippen LogP contribution in [0.5, 0.6) is 0 Å². The molecule has 0 aliphatic rings. The lowest BCUT2D eigenvalue weighted by Crippen LogP contribution is -2.13. The average molecular weight is 274 g/mol. The molecular weight excluding hydrogens is 256 g/mol. The average Bonchev–Trinajstić information content (AvgIpc) is 2.59. The van der Waals surface area contributed by atoms with E-state index >= 15 is 0 Å². The second-order valence-corrected chi connectivity index (χ2v) is 5.70. The van der Waals surface area contributed by atoms with Crippen molar-refractivity contribution in [2.45, 2.75) is 30.7 Å². The molecule has 0 aliphatic heterocycles. The van der Waals surface area contributed by atoms with Gasteiger partial charge in [-0.15, -0.1) is 0 Å². The van der Waals surface area contributed by atoms with Crippen LogP contribution >= 0.6 is 11.8 Å². The van der Waals surface area contributed by atoms with Crippen LogP contribution in [0, 0.1) is 26.2 Å². The first-order valence-corrected chi connectivity index (χ1v) is 6.85. The Morgan fingerprint density at radius 3 is 2.63 bits per heavy atom. The zero-order valence-electron chi connectivity index (χ0n) is 11.6. The summed E-state index contributed by atoms with van der Waals surface area (Å²) in [6.45, 7) is 6.03. The molecule has 3 N–H and O–H groups in total. The van der Waals surface area contributed by atoms with E-state index in [1.54, 1.807) is 16.4 Å². The summed E-state index contributed by atoms with van der Waals surface area (Å²) >= 11 is 1.61. The molecule has 2 aromatic rings. The van der Waals surface area contributed by atoms with Crippen molar-refractivity contribution in [3.63, 3.8) is 0 Å². The van der Waals surface area contributed by atoms with E-state index in [2.05, 4.69) is 37.1 Å². The fourth-order valence-electron chi connectivity index (χ4n) is 1.99. The number of nitrogens with zero attached hydrogens (tertiary/aromatic N) is 2. The van der Waals surface area contributed by atoms with Gasteiger partial charge in [-0.05, 0) is 38.0 Å². The van der Waals surface area contributed by atoms with E-state index in [1.807, 2.05) is 14.0 Å². The van der Waals surface area contributed by atoms with Crippen LogP contribution in [-0.2, 0) is 7.05 Å².